The number of benzene rings is 1. The van der Waals surface area contributed by atoms with Crippen LogP contribution in [0.4, 0.5) is 0 Å². The molecular formula is C12H13N3O6S2. The van der Waals surface area contributed by atoms with Crippen molar-refractivity contribution in [1.29, 1.82) is 0 Å². The smallest absolute Gasteiger partial charge is 0.313 e. The predicted molar refractivity (Wildman–Crippen MR) is 79.9 cm³/mol. The molecule has 2 aromatic rings. The Morgan fingerprint density at radius 3 is 2.17 bits per heavy atom. The quantitative estimate of drug-likeness (QED) is 0.735. The van der Waals surface area contributed by atoms with Gasteiger partial charge in [-0.2, -0.15) is 0 Å². The monoisotopic (exact) mass is 359 g/mol. The van der Waals surface area contributed by atoms with Crippen LogP contribution in [-0.2, 0) is 19.7 Å². The Bertz CT molecular complexity index is 1050. The summed E-state index contributed by atoms with van der Waals surface area (Å²) in [4.78, 5) is 11.4. The van der Waals surface area contributed by atoms with Crippen molar-refractivity contribution in [3.63, 3.8) is 0 Å². The maximum absolute atomic E-state index is 12.0. The molecule has 0 bridgehead atoms. The van der Waals surface area contributed by atoms with Gasteiger partial charge >= 0.3 is 5.56 Å². The molecule has 1 aromatic heterocycles. The van der Waals surface area contributed by atoms with Crippen LogP contribution in [0.15, 0.2) is 32.8 Å². The fourth-order valence-corrected chi connectivity index (χ4v) is 3.49. The highest BCUT2D eigenvalue weighted by atomic mass is 32.2. The van der Waals surface area contributed by atoms with E-state index in [1.807, 2.05) is 0 Å². The van der Waals surface area contributed by atoms with Gasteiger partial charge in [0.25, 0.3) is 0 Å². The number of hydrogen-bond donors (Lipinski definition) is 1. The van der Waals surface area contributed by atoms with Gasteiger partial charge in [0, 0.05) is 18.1 Å². The van der Waals surface area contributed by atoms with Crippen LogP contribution in [0.3, 0.4) is 0 Å². The molecule has 0 spiro atoms. The number of rotatable bonds is 3. The predicted octanol–water partition coefficient (Wildman–Crippen LogP) is -0.342. The Kier molecular flexibility index (Phi) is 4.03. The van der Waals surface area contributed by atoms with Crippen molar-refractivity contribution in [2.24, 2.45) is 0 Å². The highest BCUT2D eigenvalue weighted by molar-refractivity contribution is 7.91. The molecule has 0 atom stereocenters. The van der Waals surface area contributed by atoms with E-state index < -0.39 is 35.8 Å². The lowest BCUT2D eigenvalue weighted by atomic mass is 10.1. The van der Waals surface area contributed by atoms with Gasteiger partial charge in [-0.25, -0.2) is 16.8 Å². The molecule has 11 heteroatoms. The Morgan fingerprint density at radius 2 is 1.65 bits per heavy atom. The largest absolute Gasteiger partial charge is 0.424 e. The lowest BCUT2D eigenvalue weighted by Crippen LogP contribution is -2.25. The van der Waals surface area contributed by atoms with E-state index in [0.717, 1.165) is 30.7 Å². The average Bonchev–Trinajstić information content (AvgIpc) is 2.42. The molecule has 124 valence electrons. The van der Waals surface area contributed by atoms with E-state index in [-0.39, 0.29) is 21.0 Å². The molecule has 0 aliphatic carbocycles. The molecule has 1 N–H and O–H groups in total. The van der Waals surface area contributed by atoms with E-state index >= 15 is 0 Å². The van der Waals surface area contributed by atoms with Gasteiger partial charge in [0.05, 0.1) is 9.79 Å². The van der Waals surface area contributed by atoms with Gasteiger partial charge in [-0.3, -0.25) is 4.79 Å². The summed E-state index contributed by atoms with van der Waals surface area (Å²) in [6.07, 6.45) is 1.80. The average molecular weight is 359 g/mol. The van der Waals surface area contributed by atoms with Crippen molar-refractivity contribution in [2.45, 2.75) is 16.7 Å². The molecule has 0 aliphatic heterocycles. The van der Waals surface area contributed by atoms with Crippen molar-refractivity contribution in [3.8, 4) is 11.3 Å². The molecule has 9 nitrogen and oxygen atoms in total. The zero-order valence-corrected chi connectivity index (χ0v) is 14.0. The summed E-state index contributed by atoms with van der Waals surface area (Å²) < 4.78 is 47.3. The molecule has 0 saturated carbocycles. The Hall–Kier alpha value is -2.27. The fourth-order valence-electron chi connectivity index (χ4n) is 1.86. The van der Waals surface area contributed by atoms with Crippen molar-refractivity contribution in [1.82, 2.24) is 14.9 Å². The third kappa shape index (κ3) is 3.24. The lowest BCUT2D eigenvalue weighted by molar-refractivity contribution is 0.162. The van der Waals surface area contributed by atoms with Crippen molar-refractivity contribution in [3.05, 3.63) is 34.4 Å². The summed E-state index contributed by atoms with van der Waals surface area (Å²) in [6.45, 7) is 1.34. The van der Waals surface area contributed by atoms with Crippen LogP contribution in [0.1, 0.15) is 5.82 Å². The maximum atomic E-state index is 12.0. The van der Waals surface area contributed by atoms with Gasteiger partial charge in [-0.15, -0.1) is 14.9 Å². The van der Waals surface area contributed by atoms with Gasteiger partial charge in [-0.1, -0.05) is 0 Å². The first kappa shape index (κ1) is 17.1. The van der Waals surface area contributed by atoms with Crippen LogP contribution < -0.4 is 5.56 Å². The van der Waals surface area contributed by atoms with Crippen molar-refractivity contribution >= 4 is 19.7 Å². The van der Waals surface area contributed by atoms with E-state index in [9.17, 15) is 26.8 Å². The maximum Gasteiger partial charge on any atom is 0.313 e. The minimum absolute atomic E-state index is 0.0765. The second-order valence-corrected chi connectivity index (χ2v) is 8.91. The van der Waals surface area contributed by atoms with Gasteiger partial charge in [0.2, 0.25) is 0 Å². The number of aromatic nitrogens is 3. The molecule has 1 heterocycles. The van der Waals surface area contributed by atoms with Gasteiger partial charge < -0.3 is 5.21 Å². The van der Waals surface area contributed by atoms with Crippen LogP contribution in [0, 0.1) is 6.92 Å². The van der Waals surface area contributed by atoms with Gasteiger partial charge in [-0.05, 0) is 25.1 Å². The summed E-state index contributed by atoms with van der Waals surface area (Å²) >= 11 is 0. The van der Waals surface area contributed by atoms with E-state index in [4.69, 9.17) is 0 Å². The van der Waals surface area contributed by atoms with Gasteiger partial charge in [0.1, 0.15) is 0 Å². The summed E-state index contributed by atoms with van der Waals surface area (Å²) in [5.74, 6) is -0.0765. The molecule has 0 radical (unpaired) electrons. The molecular weight excluding hydrogens is 346 g/mol. The number of nitrogens with zero attached hydrogens (tertiary/aromatic N) is 3. The highest BCUT2D eigenvalue weighted by Crippen LogP contribution is 2.26. The summed E-state index contributed by atoms with van der Waals surface area (Å²) in [6, 6.07) is 3.25. The Morgan fingerprint density at radius 1 is 1.04 bits per heavy atom. The first-order valence-corrected chi connectivity index (χ1v) is 9.91. The third-order valence-corrected chi connectivity index (χ3v) is 5.28. The van der Waals surface area contributed by atoms with Crippen LogP contribution in [0.25, 0.3) is 11.3 Å². The minimum atomic E-state index is -3.87. The van der Waals surface area contributed by atoms with Crippen LogP contribution in [0.5, 0.6) is 0 Å². The minimum Gasteiger partial charge on any atom is -0.424 e. The van der Waals surface area contributed by atoms with E-state index in [0.29, 0.717) is 0 Å². The van der Waals surface area contributed by atoms with Crippen molar-refractivity contribution in [2.75, 3.05) is 12.5 Å². The zero-order chi connectivity index (χ0) is 17.6. The van der Waals surface area contributed by atoms with Crippen molar-refractivity contribution < 1.29 is 22.0 Å². The Labute approximate surface area is 132 Å². The molecule has 0 amide bonds. The SMILES string of the molecule is Cc1nnc(-c2ccc(S(C)(=O)=O)cc2S(C)(=O)=O)c(=O)n1O. The second kappa shape index (κ2) is 5.42. The molecule has 0 unspecified atom stereocenters. The van der Waals surface area contributed by atoms with Crippen LogP contribution in [-0.4, -0.2) is 49.5 Å². The highest BCUT2D eigenvalue weighted by Gasteiger charge is 2.22. The van der Waals surface area contributed by atoms with Gasteiger partial charge in [0.15, 0.2) is 31.2 Å². The van der Waals surface area contributed by atoms with E-state index in [1.165, 1.54) is 6.92 Å². The molecule has 2 rings (SSSR count). The first-order chi connectivity index (χ1) is 10.4. The van der Waals surface area contributed by atoms with E-state index in [2.05, 4.69) is 10.2 Å². The van der Waals surface area contributed by atoms with Crippen LogP contribution in [0.2, 0.25) is 0 Å². The molecule has 23 heavy (non-hydrogen) atoms. The number of aryl methyl sites for hydroxylation is 1. The second-order valence-electron chi connectivity index (χ2n) is 4.92. The van der Waals surface area contributed by atoms with Crippen LogP contribution >= 0.6 is 0 Å². The summed E-state index contributed by atoms with van der Waals surface area (Å²) in [7, 11) is -7.51. The topological polar surface area (TPSA) is 136 Å². The molecule has 0 aliphatic rings. The standard InChI is InChI=1S/C12H13N3O6S2/c1-7-13-14-11(12(16)15(7)17)9-5-4-8(22(2,18)19)6-10(9)23(3,20)21/h4-6,17H,1-3H3. The third-order valence-electron chi connectivity index (χ3n) is 3.03. The molecule has 1 aromatic carbocycles. The summed E-state index contributed by atoms with van der Waals surface area (Å²) in [5.41, 5.74) is -1.51. The van der Waals surface area contributed by atoms with E-state index in [1.54, 1.807) is 0 Å². The Balaban J connectivity index is 2.89. The number of sulfone groups is 2. The number of hydrogen-bond acceptors (Lipinski definition) is 8. The molecule has 0 saturated heterocycles. The zero-order valence-electron chi connectivity index (χ0n) is 12.4. The molecule has 0 fully saturated rings. The first-order valence-electron chi connectivity index (χ1n) is 6.13. The summed E-state index contributed by atoms with van der Waals surface area (Å²) in [5, 5.41) is 16.8. The normalized spacial score (nSPS) is 12.3. The fraction of sp³-hybridized carbons (Fsp3) is 0.250. The lowest BCUT2D eigenvalue weighted by Gasteiger charge is -2.09.